The van der Waals surface area contributed by atoms with Crippen molar-refractivity contribution >= 4 is 17.5 Å². The molecule has 0 atom stereocenters. The molecule has 0 aliphatic rings. The van der Waals surface area contributed by atoms with Gasteiger partial charge >= 0.3 is 0 Å². The molecule has 1 rings (SSSR count). The summed E-state index contributed by atoms with van der Waals surface area (Å²) in [5, 5.41) is 0. The molecule has 76 valence electrons. The van der Waals surface area contributed by atoms with E-state index in [9.17, 15) is 4.79 Å². The van der Waals surface area contributed by atoms with Crippen molar-refractivity contribution in [2.45, 2.75) is 18.2 Å². The second kappa shape index (κ2) is 5.05. The van der Waals surface area contributed by atoms with Gasteiger partial charge < -0.3 is 4.74 Å². The van der Waals surface area contributed by atoms with Gasteiger partial charge in [0.05, 0.1) is 7.11 Å². The third-order valence-corrected chi connectivity index (χ3v) is 2.70. The highest BCUT2D eigenvalue weighted by Crippen LogP contribution is 2.24. The first-order chi connectivity index (χ1) is 6.71. The highest BCUT2D eigenvalue weighted by Gasteiger charge is 2.06. The van der Waals surface area contributed by atoms with Crippen LogP contribution in [0, 0.1) is 0 Å². The van der Waals surface area contributed by atoms with Gasteiger partial charge in [0, 0.05) is 16.9 Å². The Morgan fingerprint density at radius 3 is 2.64 bits per heavy atom. The predicted octanol–water partition coefficient (Wildman–Crippen LogP) is 3.01. The summed E-state index contributed by atoms with van der Waals surface area (Å²) in [7, 11) is 1.61. The first-order valence-corrected chi connectivity index (χ1v) is 5.70. The van der Waals surface area contributed by atoms with Gasteiger partial charge in [0.1, 0.15) is 5.75 Å². The van der Waals surface area contributed by atoms with Gasteiger partial charge in [0.15, 0.2) is 5.78 Å². The minimum Gasteiger partial charge on any atom is -0.497 e. The standard InChI is InChI=1S/C11H14O2S/c1-4-11(12)8-5-9(13-2)7-10(6-8)14-3/h5-7H,4H2,1-3H3. The second-order valence-corrected chi connectivity index (χ2v) is 3.76. The van der Waals surface area contributed by atoms with Crippen LogP contribution in [-0.2, 0) is 0 Å². The van der Waals surface area contributed by atoms with Crippen molar-refractivity contribution < 1.29 is 9.53 Å². The molecule has 14 heavy (non-hydrogen) atoms. The quantitative estimate of drug-likeness (QED) is 0.564. The summed E-state index contributed by atoms with van der Waals surface area (Å²) in [4.78, 5) is 12.5. The van der Waals surface area contributed by atoms with E-state index in [-0.39, 0.29) is 5.78 Å². The number of methoxy groups -OCH3 is 1. The fourth-order valence-corrected chi connectivity index (χ4v) is 1.65. The number of carbonyl (C=O) groups is 1. The van der Waals surface area contributed by atoms with Crippen LogP contribution in [-0.4, -0.2) is 19.1 Å². The van der Waals surface area contributed by atoms with Gasteiger partial charge in [0.2, 0.25) is 0 Å². The summed E-state index contributed by atoms with van der Waals surface area (Å²) in [6.07, 6.45) is 2.51. The monoisotopic (exact) mass is 210 g/mol. The molecule has 0 saturated carbocycles. The lowest BCUT2D eigenvalue weighted by Crippen LogP contribution is -1.97. The second-order valence-electron chi connectivity index (χ2n) is 2.88. The largest absolute Gasteiger partial charge is 0.497 e. The van der Waals surface area contributed by atoms with Crippen LogP contribution in [0.3, 0.4) is 0 Å². The van der Waals surface area contributed by atoms with Gasteiger partial charge in [0.25, 0.3) is 0 Å². The Balaban J connectivity index is 3.10. The summed E-state index contributed by atoms with van der Waals surface area (Å²) >= 11 is 1.61. The number of benzene rings is 1. The molecule has 0 unspecified atom stereocenters. The molecule has 0 N–H and O–H groups in total. The molecule has 0 aromatic heterocycles. The molecule has 0 spiro atoms. The number of hydrogen-bond donors (Lipinski definition) is 0. The molecule has 2 nitrogen and oxygen atoms in total. The lowest BCUT2D eigenvalue weighted by molar-refractivity contribution is 0.0987. The molecule has 0 amide bonds. The fraction of sp³-hybridized carbons (Fsp3) is 0.364. The number of rotatable bonds is 4. The molecule has 0 aliphatic heterocycles. The van der Waals surface area contributed by atoms with Crippen LogP contribution in [0.25, 0.3) is 0 Å². The summed E-state index contributed by atoms with van der Waals surface area (Å²) in [5.74, 6) is 0.896. The molecular formula is C11H14O2S. The number of ketones is 1. The number of thioether (sulfide) groups is 1. The van der Waals surface area contributed by atoms with E-state index in [2.05, 4.69) is 0 Å². The van der Waals surface area contributed by atoms with Crippen LogP contribution in [0.1, 0.15) is 23.7 Å². The van der Waals surface area contributed by atoms with E-state index in [1.54, 1.807) is 24.9 Å². The number of carbonyl (C=O) groups excluding carboxylic acids is 1. The van der Waals surface area contributed by atoms with Gasteiger partial charge in [-0.05, 0) is 24.5 Å². The lowest BCUT2D eigenvalue weighted by atomic mass is 10.1. The smallest absolute Gasteiger partial charge is 0.162 e. The average Bonchev–Trinajstić information content (AvgIpc) is 2.27. The third-order valence-electron chi connectivity index (χ3n) is 1.99. The topological polar surface area (TPSA) is 26.3 Å². The van der Waals surface area contributed by atoms with Crippen LogP contribution in [0.2, 0.25) is 0 Å². The van der Waals surface area contributed by atoms with Gasteiger partial charge in [-0.3, -0.25) is 4.79 Å². The average molecular weight is 210 g/mol. The van der Waals surface area contributed by atoms with E-state index in [0.717, 1.165) is 16.2 Å². The minimum absolute atomic E-state index is 0.152. The zero-order valence-corrected chi connectivity index (χ0v) is 9.48. The fourth-order valence-electron chi connectivity index (χ4n) is 1.17. The predicted molar refractivity (Wildman–Crippen MR) is 59.4 cm³/mol. The Morgan fingerprint density at radius 1 is 1.43 bits per heavy atom. The van der Waals surface area contributed by atoms with Crippen molar-refractivity contribution in [3.05, 3.63) is 23.8 Å². The van der Waals surface area contributed by atoms with E-state index < -0.39 is 0 Å². The number of ether oxygens (including phenoxy) is 1. The molecular weight excluding hydrogens is 196 g/mol. The van der Waals surface area contributed by atoms with Gasteiger partial charge in [-0.1, -0.05) is 6.92 Å². The van der Waals surface area contributed by atoms with Crippen LogP contribution in [0.15, 0.2) is 23.1 Å². The first kappa shape index (κ1) is 11.1. The van der Waals surface area contributed by atoms with Crippen LogP contribution >= 0.6 is 11.8 Å². The zero-order chi connectivity index (χ0) is 10.6. The number of hydrogen-bond acceptors (Lipinski definition) is 3. The number of Topliss-reactive ketones (excluding diaryl/α,β-unsaturated/α-hetero) is 1. The first-order valence-electron chi connectivity index (χ1n) is 4.47. The summed E-state index contributed by atoms with van der Waals surface area (Å²) < 4.78 is 5.13. The maximum Gasteiger partial charge on any atom is 0.162 e. The zero-order valence-electron chi connectivity index (χ0n) is 8.66. The van der Waals surface area contributed by atoms with Crippen LogP contribution in [0.4, 0.5) is 0 Å². The van der Waals surface area contributed by atoms with Gasteiger partial charge in [-0.15, -0.1) is 11.8 Å². The van der Waals surface area contributed by atoms with E-state index >= 15 is 0 Å². The molecule has 0 radical (unpaired) electrons. The van der Waals surface area contributed by atoms with Crippen molar-refractivity contribution in [1.82, 2.24) is 0 Å². The lowest BCUT2D eigenvalue weighted by Gasteiger charge is -2.05. The molecule has 1 aromatic carbocycles. The molecule has 0 aliphatic carbocycles. The molecule has 0 fully saturated rings. The van der Waals surface area contributed by atoms with Crippen molar-refractivity contribution in [3.8, 4) is 5.75 Å². The Morgan fingerprint density at radius 2 is 2.14 bits per heavy atom. The Hall–Kier alpha value is -0.960. The Labute approximate surface area is 88.7 Å². The van der Waals surface area contributed by atoms with Crippen molar-refractivity contribution in [3.63, 3.8) is 0 Å². The van der Waals surface area contributed by atoms with E-state index in [0.29, 0.717) is 6.42 Å². The van der Waals surface area contributed by atoms with E-state index in [4.69, 9.17) is 4.74 Å². The van der Waals surface area contributed by atoms with Crippen molar-refractivity contribution in [2.75, 3.05) is 13.4 Å². The summed E-state index contributed by atoms with van der Waals surface area (Å²) in [5.41, 5.74) is 0.733. The Kier molecular flexibility index (Phi) is 4.01. The maximum atomic E-state index is 11.5. The van der Waals surface area contributed by atoms with Crippen LogP contribution in [0.5, 0.6) is 5.75 Å². The van der Waals surface area contributed by atoms with Gasteiger partial charge in [-0.2, -0.15) is 0 Å². The van der Waals surface area contributed by atoms with Crippen molar-refractivity contribution in [1.29, 1.82) is 0 Å². The molecule has 0 heterocycles. The van der Waals surface area contributed by atoms with Crippen LogP contribution < -0.4 is 4.74 Å². The Bertz CT molecular complexity index is 312. The molecule has 1 aromatic rings. The molecule has 3 heteroatoms. The van der Waals surface area contributed by atoms with Gasteiger partial charge in [-0.25, -0.2) is 0 Å². The third kappa shape index (κ3) is 2.51. The van der Waals surface area contributed by atoms with Crippen molar-refractivity contribution in [2.24, 2.45) is 0 Å². The highest BCUT2D eigenvalue weighted by molar-refractivity contribution is 7.98. The SMILES string of the molecule is CCC(=O)c1cc(OC)cc(SC)c1. The summed E-state index contributed by atoms with van der Waals surface area (Å²) in [6, 6.07) is 5.61. The van der Waals surface area contributed by atoms with E-state index in [1.165, 1.54) is 0 Å². The molecule has 0 saturated heterocycles. The summed E-state index contributed by atoms with van der Waals surface area (Å²) in [6.45, 7) is 1.86. The normalized spacial score (nSPS) is 9.93. The maximum absolute atomic E-state index is 11.5. The molecule has 0 bridgehead atoms. The minimum atomic E-state index is 0.152. The highest BCUT2D eigenvalue weighted by atomic mass is 32.2. The van der Waals surface area contributed by atoms with E-state index in [1.807, 2.05) is 25.3 Å².